The average molecular weight is 271 g/mol. The van der Waals surface area contributed by atoms with Crippen molar-refractivity contribution in [3.8, 4) is 5.69 Å². The van der Waals surface area contributed by atoms with Crippen LogP contribution in [0.5, 0.6) is 0 Å². The lowest BCUT2D eigenvalue weighted by molar-refractivity contribution is 0.0945. The molecule has 106 valence electrons. The highest BCUT2D eigenvalue weighted by Crippen LogP contribution is 2.26. The van der Waals surface area contributed by atoms with Gasteiger partial charge in [0, 0.05) is 30.9 Å². The Morgan fingerprint density at radius 2 is 2.05 bits per heavy atom. The number of aromatic nitrogens is 2. The second-order valence-corrected chi connectivity index (χ2v) is 5.41. The van der Waals surface area contributed by atoms with Gasteiger partial charge in [0.25, 0.3) is 0 Å². The summed E-state index contributed by atoms with van der Waals surface area (Å²) in [4.78, 5) is 2.37. The first-order chi connectivity index (χ1) is 9.86. The van der Waals surface area contributed by atoms with Crippen LogP contribution in [0.15, 0.2) is 42.7 Å². The number of aliphatic hydroxyl groups excluding tert-OH is 1. The van der Waals surface area contributed by atoms with Gasteiger partial charge >= 0.3 is 0 Å². The van der Waals surface area contributed by atoms with Gasteiger partial charge in [0.1, 0.15) is 0 Å². The zero-order valence-electron chi connectivity index (χ0n) is 11.7. The topological polar surface area (TPSA) is 41.3 Å². The molecule has 1 saturated carbocycles. The molecule has 1 aromatic heterocycles. The number of rotatable bonds is 6. The number of nitrogens with zero attached hydrogens (tertiary/aromatic N) is 3. The lowest BCUT2D eigenvalue weighted by Gasteiger charge is -2.37. The zero-order chi connectivity index (χ0) is 13.8. The van der Waals surface area contributed by atoms with E-state index in [1.54, 1.807) is 0 Å². The summed E-state index contributed by atoms with van der Waals surface area (Å²) in [5, 5.41) is 13.6. The van der Waals surface area contributed by atoms with E-state index in [9.17, 15) is 5.11 Å². The van der Waals surface area contributed by atoms with Crippen LogP contribution in [-0.2, 0) is 6.54 Å². The summed E-state index contributed by atoms with van der Waals surface area (Å²) in [7, 11) is 0. The monoisotopic (exact) mass is 271 g/mol. The molecule has 1 fully saturated rings. The molecule has 0 radical (unpaired) electrons. The maximum Gasteiger partial charge on any atom is 0.0645 e. The lowest BCUT2D eigenvalue weighted by atomic mass is 9.91. The highest BCUT2D eigenvalue weighted by molar-refractivity contribution is 5.30. The van der Waals surface area contributed by atoms with E-state index in [2.05, 4.69) is 16.2 Å². The van der Waals surface area contributed by atoms with E-state index in [4.69, 9.17) is 0 Å². The molecular formula is C16H21N3O. The summed E-state index contributed by atoms with van der Waals surface area (Å²) in [5.74, 6) is 0. The normalized spacial score (nSPS) is 15.5. The standard InChI is InChI=1S/C16H21N3O/c20-10-9-18(15-7-4-8-15)12-14-11-17-19(13-14)16-5-2-1-3-6-16/h1-3,5-6,11,13,15,20H,4,7-10,12H2. The van der Waals surface area contributed by atoms with Crippen molar-refractivity contribution in [2.24, 2.45) is 0 Å². The first-order valence-corrected chi connectivity index (χ1v) is 7.30. The van der Waals surface area contributed by atoms with Gasteiger partial charge in [-0.25, -0.2) is 4.68 Å². The summed E-state index contributed by atoms with van der Waals surface area (Å²) >= 11 is 0. The smallest absolute Gasteiger partial charge is 0.0645 e. The van der Waals surface area contributed by atoms with Gasteiger partial charge in [-0.1, -0.05) is 24.6 Å². The fourth-order valence-electron chi connectivity index (χ4n) is 2.67. The first-order valence-electron chi connectivity index (χ1n) is 7.30. The van der Waals surface area contributed by atoms with Crippen molar-refractivity contribution in [3.63, 3.8) is 0 Å². The predicted molar refractivity (Wildman–Crippen MR) is 78.7 cm³/mol. The molecule has 0 bridgehead atoms. The van der Waals surface area contributed by atoms with E-state index in [1.165, 1.54) is 24.8 Å². The Labute approximate surface area is 119 Å². The van der Waals surface area contributed by atoms with Crippen molar-refractivity contribution in [1.82, 2.24) is 14.7 Å². The van der Waals surface area contributed by atoms with E-state index < -0.39 is 0 Å². The summed E-state index contributed by atoms with van der Waals surface area (Å²) in [6.45, 7) is 1.85. The minimum Gasteiger partial charge on any atom is -0.395 e. The van der Waals surface area contributed by atoms with Crippen LogP contribution in [0, 0.1) is 0 Å². The van der Waals surface area contributed by atoms with Crippen LogP contribution >= 0.6 is 0 Å². The van der Waals surface area contributed by atoms with Gasteiger partial charge in [0.05, 0.1) is 18.5 Å². The molecule has 1 aliphatic carbocycles. The van der Waals surface area contributed by atoms with Crippen molar-refractivity contribution in [2.45, 2.75) is 31.8 Å². The predicted octanol–water partition coefficient (Wildman–Crippen LogP) is 2.22. The molecule has 2 aromatic rings. The zero-order valence-corrected chi connectivity index (χ0v) is 11.7. The first kappa shape index (κ1) is 13.3. The molecule has 4 heteroatoms. The van der Waals surface area contributed by atoms with Crippen LogP contribution < -0.4 is 0 Å². The molecule has 0 atom stereocenters. The van der Waals surface area contributed by atoms with Crippen LogP contribution in [-0.4, -0.2) is 39.0 Å². The molecule has 4 nitrogen and oxygen atoms in total. The van der Waals surface area contributed by atoms with Crippen LogP contribution in [0.25, 0.3) is 5.69 Å². The van der Waals surface area contributed by atoms with Gasteiger partial charge in [0.15, 0.2) is 0 Å². The second-order valence-electron chi connectivity index (χ2n) is 5.41. The van der Waals surface area contributed by atoms with Crippen molar-refractivity contribution >= 4 is 0 Å². The maximum absolute atomic E-state index is 9.20. The third kappa shape index (κ3) is 2.92. The molecule has 0 aliphatic heterocycles. The molecule has 0 unspecified atom stereocenters. The fraction of sp³-hybridized carbons (Fsp3) is 0.438. The van der Waals surface area contributed by atoms with E-state index in [0.29, 0.717) is 6.04 Å². The Balaban J connectivity index is 1.69. The lowest BCUT2D eigenvalue weighted by Crippen LogP contribution is -2.41. The van der Waals surface area contributed by atoms with Crippen molar-refractivity contribution < 1.29 is 5.11 Å². The second kappa shape index (κ2) is 6.20. The molecule has 1 aliphatic rings. The molecule has 1 heterocycles. The highest BCUT2D eigenvalue weighted by atomic mass is 16.3. The van der Waals surface area contributed by atoms with Crippen molar-refractivity contribution in [3.05, 3.63) is 48.3 Å². The summed E-state index contributed by atoms with van der Waals surface area (Å²) in [6.07, 6.45) is 7.84. The van der Waals surface area contributed by atoms with Gasteiger partial charge in [0.2, 0.25) is 0 Å². The molecule has 0 saturated heterocycles. The van der Waals surface area contributed by atoms with Crippen LogP contribution in [0.1, 0.15) is 24.8 Å². The van der Waals surface area contributed by atoms with Crippen LogP contribution in [0.3, 0.4) is 0 Å². The maximum atomic E-state index is 9.20. The number of benzene rings is 1. The highest BCUT2D eigenvalue weighted by Gasteiger charge is 2.24. The van der Waals surface area contributed by atoms with Crippen molar-refractivity contribution in [1.29, 1.82) is 0 Å². The van der Waals surface area contributed by atoms with E-state index >= 15 is 0 Å². The van der Waals surface area contributed by atoms with Gasteiger partial charge < -0.3 is 5.11 Å². The van der Waals surface area contributed by atoms with E-state index in [0.717, 1.165) is 18.8 Å². The Hall–Kier alpha value is -1.65. The Morgan fingerprint density at radius 1 is 1.25 bits per heavy atom. The summed E-state index contributed by atoms with van der Waals surface area (Å²) in [5.41, 5.74) is 2.28. The van der Waals surface area contributed by atoms with Gasteiger partial charge in [-0.3, -0.25) is 4.90 Å². The number of para-hydroxylation sites is 1. The van der Waals surface area contributed by atoms with Crippen molar-refractivity contribution in [2.75, 3.05) is 13.2 Å². The van der Waals surface area contributed by atoms with Gasteiger partial charge in [-0.15, -0.1) is 0 Å². The minimum atomic E-state index is 0.226. The number of aliphatic hydroxyl groups is 1. The van der Waals surface area contributed by atoms with Crippen LogP contribution in [0.2, 0.25) is 0 Å². The fourth-order valence-corrected chi connectivity index (χ4v) is 2.67. The number of hydrogen-bond donors (Lipinski definition) is 1. The summed E-state index contributed by atoms with van der Waals surface area (Å²) in [6, 6.07) is 10.8. The minimum absolute atomic E-state index is 0.226. The Morgan fingerprint density at radius 3 is 2.70 bits per heavy atom. The molecule has 1 aromatic carbocycles. The molecular weight excluding hydrogens is 250 g/mol. The largest absolute Gasteiger partial charge is 0.395 e. The molecule has 0 spiro atoms. The third-order valence-electron chi connectivity index (χ3n) is 4.02. The summed E-state index contributed by atoms with van der Waals surface area (Å²) < 4.78 is 1.91. The Kier molecular flexibility index (Phi) is 4.14. The number of hydrogen-bond acceptors (Lipinski definition) is 3. The quantitative estimate of drug-likeness (QED) is 0.876. The van der Waals surface area contributed by atoms with Crippen LogP contribution in [0.4, 0.5) is 0 Å². The average Bonchev–Trinajstić information content (AvgIpc) is 2.87. The molecule has 0 amide bonds. The Bertz CT molecular complexity index is 534. The molecule has 3 rings (SSSR count). The SMILES string of the molecule is OCCN(Cc1cnn(-c2ccccc2)c1)C1CCC1. The van der Waals surface area contributed by atoms with E-state index in [-0.39, 0.29) is 6.61 Å². The molecule has 20 heavy (non-hydrogen) atoms. The van der Waals surface area contributed by atoms with Gasteiger partial charge in [-0.05, 0) is 25.0 Å². The molecule has 1 N–H and O–H groups in total. The third-order valence-corrected chi connectivity index (χ3v) is 4.02. The van der Waals surface area contributed by atoms with Gasteiger partial charge in [-0.2, -0.15) is 5.10 Å². The van der Waals surface area contributed by atoms with E-state index in [1.807, 2.05) is 41.2 Å².